The summed E-state index contributed by atoms with van der Waals surface area (Å²) < 4.78 is 7.28. The Bertz CT molecular complexity index is 934. The van der Waals surface area contributed by atoms with Crippen molar-refractivity contribution in [2.75, 3.05) is 0 Å². The highest BCUT2D eigenvalue weighted by Gasteiger charge is 2.20. The summed E-state index contributed by atoms with van der Waals surface area (Å²) in [6.07, 6.45) is 0.128. The van der Waals surface area contributed by atoms with Gasteiger partial charge in [0.1, 0.15) is 10.9 Å². The molecule has 0 spiro atoms. The van der Waals surface area contributed by atoms with Gasteiger partial charge in [-0.1, -0.05) is 54.1 Å². The van der Waals surface area contributed by atoms with Crippen molar-refractivity contribution in [2.24, 2.45) is 0 Å². The van der Waals surface area contributed by atoms with Crippen molar-refractivity contribution in [3.63, 3.8) is 0 Å². The number of aryl methyl sites for hydroxylation is 1. The molecule has 0 radical (unpaired) electrons. The second-order valence-electron chi connectivity index (χ2n) is 6.89. The highest BCUT2D eigenvalue weighted by atomic mass is 35.5. The third-order valence-electron chi connectivity index (χ3n) is 4.22. The summed E-state index contributed by atoms with van der Waals surface area (Å²) in [5.41, 5.74) is 3.08. The predicted molar refractivity (Wildman–Crippen MR) is 111 cm³/mol. The number of ether oxygens (including phenoxy) is 1. The first-order valence-electron chi connectivity index (χ1n) is 9.24. The molecule has 0 aliphatic heterocycles. The number of halogens is 1. The van der Waals surface area contributed by atoms with Gasteiger partial charge in [0.2, 0.25) is 0 Å². The third kappa shape index (κ3) is 4.93. The van der Waals surface area contributed by atoms with Crippen LogP contribution < -0.4 is 10.1 Å². The summed E-state index contributed by atoms with van der Waals surface area (Å²) in [5.74, 6) is 0.579. The smallest absolute Gasteiger partial charge is 0.256 e. The van der Waals surface area contributed by atoms with E-state index in [0.29, 0.717) is 29.5 Å². The molecular formula is C22H24ClN3O2. The standard InChI is InChI=1S/C22H24ClN3O2/c1-15(2)28-19-11-9-17(10-12-19)13-24-22(27)20-16(3)25-26(21(20)23)14-18-7-5-4-6-8-18/h4-12,15H,13-14H2,1-3H3,(H,24,27). The zero-order valence-electron chi connectivity index (χ0n) is 16.3. The van der Waals surface area contributed by atoms with E-state index in [2.05, 4.69) is 10.4 Å². The van der Waals surface area contributed by atoms with Crippen LogP contribution in [-0.4, -0.2) is 21.8 Å². The number of aromatic nitrogens is 2. The van der Waals surface area contributed by atoms with Crippen LogP contribution in [0.2, 0.25) is 5.15 Å². The van der Waals surface area contributed by atoms with E-state index in [9.17, 15) is 4.79 Å². The molecular weight excluding hydrogens is 374 g/mol. The van der Waals surface area contributed by atoms with Gasteiger partial charge in [-0.05, 0) is 44.0 Å². The van der Waals surface area contributed by atoms with Crippen molar-refractivity contribution in [3.05, 3.63) is 82.1 Å². The summed E-state index contributed by atoms with van der Waals surface area (Å²) >= 11 is 6.45. The summed E-state index contributed by atoms with van der Waals surface area (Å²) in [4.78, 5) is 12.7. The maximum atomic E-state index is 12.7. The fraction of sp³-hybridized carbons (Fsp3) is 0.273. The molecule has 28 heavy (non-hydrogen) atoms. The van der Waals surface area contributed by atoms with Gasteiger partial charge in [-0.15, -0.1) is 0 Å². The molecule has 146 valence electrons. The molecule has 2 aromatic carbocycles. The lowest BCUT2D eigenvalue weighted by atomic mass is 10.2. The van der Waals surface area contributed by atoms with E-state index in [-0.39, 0.29) is 12.0 Å². The number of hydrogen-bond donors (Lipinski definition) is 1. The van der Waals surface area contributed by atoms with E-state index in [4.69, 9.17) is 16.3 Å². The van der Waals surface area contributed by atoms with Gasteiger partial charge in [-0.2, -0.15) is 5.10 Å². The van der Waals surface area contributed by atoms with Gasteiger partial charge >= 0.3 is 0 Å². The molecule has 3 rings (SSSR count). The first-order valence-corrected chi connectivity index (χ1v) is 9.62. The van der Waals surface area contributed by atoms with E-state index >= 15 is 0 Å². The van der Waals surface area contributed by atoms with Gasteiger partial charge in [0, 0.05) is 6.54 Å². The van der Waals surface area contributed by atoms with Crippen LogP contribution in [0.4, 0.5) is 0 Å². The number of nitrogens with one attached hydrogen (secondary N) is 1. The number of nitrogens with zero attached hydrogens (tertiary/aromatic N) is 2. The molecule has 5 nitrogen and oxygen atoms in total. The fourth-order valence-electron chi connectivity index (χ4n) is 2.90. The lowest BCUT2D eigenvalue weighted by molar-refractivity contribution is 0.0950. The molecule has 1 heterocycles. The Balaban J connectivity index is 1.66. The SMILES string of the molecule is Cc1nn(Cc2ccccc2)c(Cl)c1C(=O)NCc1ccc(OC(C)C)cc1. The summed E-state index contributed by atoms with van der Waals surface area (Å²) in [7, 11) is 0. The molecule has 0 atom stereocenters. The van der Waals surface area contributed by atoms with Crippen molar-refractivity contribution in [1.82, 2.24) is 15.1 Å². The minimum Gasteiger partial charge on any atom is -0.491 e. The van der Waals surface area contributed by atoms with E-state index in [1.54, 1.807) is 11.6 Å². The van der Waals surface area contributed by atoms with E-state index < -0.39 is 0 Å². The number of benzene rings is 2. The Hall–Kier alpha value is -2.79. The molecule has 0 bridgehead atoms. The van der Waals surface area contributed by atoms with Crippen molar-refractivity contribution in [1.29, 1.82) is 0 Å². The van der Waals surface area contributed by atoms with Crippen LogP contribution in [0.1, 0.15) is 41.0 Å². The fourth-order valence-corrected chi connectivity index (χ4v) is 3.22. The van der Waals surface area contributed by atoms with Gasteiger partial charge in [-0.3, -0.25) is 4.79 Å². The first-order chi connectivity index (χ1) is 13.4. The molecule has 0 aliphatic rings. The van der Waals surface area contributed by atoms with Crippen LogP contribution in [0.25, 0.3) is 0 Å². The van der Waals surface area contributed by atoms with Crippen LogP contribution in [0.5, 0.6) is 5.75 Å². The summed E-state index contributed by atoms with van der Waals surface area (Å²) in [6, 6.07) is 17.6. The quantitative estimate of drug-likeness (QED) is 0.633. The van der Waals surface area contributed by atoms with Crippen LogP contribution in [0.15, 0.2) is 54.6 Å². The highest BCUT2D eigenvalue weighted by molar-refractivity contribution is 6.33. The lowest BCUT2D eigenvalue weighted by Crippen LogP contribution is -2.23. The first kappa shape index (κ1) is 20.0. The van der Waals surface area contributed by atoms with Crippen LogP contribution in [0.3, 0.4) is 0 Å². The largest absolute Gasteiger partial charge is 0.491 e. The Labute approximate surface area is 170 Å². The van der Waals surface area contributed by atoms with Crippen molar-refractivity contribution < 1.29 is 9.53 Å². The van der Waals surface area contributed by atoms with Gasteiger partial charge in [-0.25, -0.2) is 4.68 Å². The lowest BCUT2D eigenvalue weighted by Gasteiger charge is -2.10. The maximum absolute atomic E-state index is 12.7. The summed E-state index contributed by atoms with van der Waals surface area (Å²) in [5, 5.41) is 7.69. The molecule has 0 saturated carbocycles. The van der Waals surface area contributed by atoms with E-state index in [1.807, 2.05) is 68.4 Å². The normalized spacial score (nSPS) is 10.9. The predicted octanol–water partition coefficient (Wildman–Crippen LogP) is 4.61. The van der Waals surface area contributed by atoms with E-state index in [0.717, 1.165) is 16.9 Å². The van der Waals surface area contributed by atoms with Crippen molar-refractivity contribution >= 4 is 17.5 Å². The zero-order valence-corrected chi connectivity index (χ0v) is 17.0. The van der Waals surface area contributed by atoms with Gasteiger partial charge in [0.15, 0.2) is 0 Å². The number of rotatable bonds is 7. The van der Waals surface area contributed by atoms with Gasteiger partial charge < -0.3 is 10.1 Å². The van der Waals surface area contributed by atoms with Gasteiger partial charge in [0.25, 0.3) is 5.91 Å². The zero-order chi connectivity index (χ0) is 20.1. The second-order valence-corrected chi connectivity index (χ2v) is 7.25. The Kier molecular flexibility index (Phi) is 6.37. The Morgan fingerprint density at radius 2 is 1.79 bits per heavy atom. The Morgan fingerprint density at radius 1 is 1.11 bits per heavy atom. The highest BCUT2D eigenvalue weighted by Crippen LogP contribution is 2.21. The van der Waals surface area contributed by atoms with Gasteiger partial charge in [0.05, 0.1) is 23.9 Å². The minimum absolute atomic E-state index is 0.128. The topological polar surface area (TPSA) is 56.2 Å². The van der Waals surface area contributed by atoms with Crippen LogP contribution in [0, 0.1) is 6.92 Å². The molecule has 6 heteroatoms. The molecule has 0 saturated heterocycles. The van der Waals surface area contributed by atoms with Crippen molar-refractivity contribution in [2.45, 2.75) is 40.0 Å². The van der Waals surface area contributed by atoms with Crippen LogP contribution in [-0.2, 0) is 13.1 Å². The van der Waals surface area contributed by atoms with E-state index in [1.165, 1.54) is 0 Å². The minimum atomic E-state index is -0.232. The molecule has 0 fully saturated rings. The number of carbonyl (C=O) groups is 1. The maximum Gasteiger partial charge on any atom is 0.256 e. The third-order valence-corrected chi connectivity index (χ3v) is 4.60. The molecule has 1 N–H and O–H groups in total. The van der Waals surface area contributed by atoms with Crippen LogP contribution >= 0.6 is 11.6 Å². The molecule has 0 unspecified atom stereocenters. The Morgan fingerprint density at radius 3 is 2.43 bits per heavy atom. The second kappa shape index (κ2) is 8.93. The number of amides is 1. The molecule has 0 aliphatic carbocycles. The average Bonchev–Trinajstić information content (AvgIpc) is 2.94. The number of hydrogen-bond acceptors (Lipinski definition) is 3. The molecule has 1 aromatic heterocycles. The average molecular weight is 398 g/mol. The molecule has 3 aromatic rings. The monoisotopic (exact) mass is 397 g/mol. The molecule has 1 amide bonds. The summed E-state index contributed by atoms with van der Waals surface area (Å²) in [6.45, 7) is 6.68. The number of carbonyl (C=O) groups excluding carboxylic acids is 1. The van der Waals surface area contributed by atoms with Crippen molar-refractivity contribution in [3.8, 4) is 5.75 Å².